The molecule has 3 N–H and O–H groups in total. The second-order valence-electron chi connectivity index (χ2n) is 4.03. The van der Waals surface area contributed by atoms with Crippen molar-refractivity contribution in [2.24, 2.45) is 0 Å². The fraction of sp³-hybridized carbons (Fsp3) is 0.154. The van der Waals surface area contributed by atoms with Gasteiger partial charge in [0.15, 0.2) is 11.6 Å². The van der Waals surface area contributed by atoms with Crippen molar-refractivity contribution in [1.82, 2.24) is 0 Å². The van der Waals surface area contributed by atoms with Gasteiger partial charge in [-0.2, -0.15) is 0 Å². The Hall–Kier alpha value is -2.23. The largest absolute Gasteiger partial charge is 0.436 e. The van der Waals surface area contributed by atoms with Gasteiger partial charge in [-0.25, -0.2) is 0 Å². The minimum absolute atomic E-state index is 0.210. The second-order valence-corrected chi connectivity index (χ2v) is 4.03. The number of carbonyl (C=O) groups is 1. The van der Waals surface area contributed by atoms with Crippen LogP contribution in [-0.2, 0) is 0 Å². The zero-order chi connectivity index (χ0) is 12.4. The van der Waals surface area contributed by atoms with E-state index in [9.17, 15) is 4.79 Å². The lowest BCUT2D eigenvalue weighted by atomic mass is 10.1. The van der Waals surface area contributed by atoms with Gasteiger partial charge < -0.3 is 15.5 Å². The Labute approximate surface area is 99.4 Å². The van der Waals surface area contributed by atoms with Crippen LogP contribution in [0.2, 0.25) is 0 Å². The van der Waals surface area contributed by atoms with Crippen molar-refractivity contribution >= 4 is 17.5 Å². The number of amides is 1. The highest BCUT2D eigenvalue weighted by molar-refractivity contribution is 6.02. The van der Waals surface area contributed by atoms with Crippen molar-refractivity contribution in [3.8, 4) is 0 Å². The Morgan fingerprint density at radius 1 is 1.18 bits per heavy atom. The summed E-state index contributed by atoms with van der Waals surface area (Å²) in [5, 5.41) is 2.76. The average molecular weight is 230 g/mol. The molecule has 0 atom stereocenters. The first-order chi connectivity index (χ1) is 8.04. The number of anilines is 2. The number of carbonyl (C=O) groups excluding carboxylic acids is 1. The highest BCUT2D eigenvalue weighted by atomic mass is 16.4. The van der Waals surface area contributed by atoms with Crippen LogP contribution in [0.15, 0.2) is 34.7 Å². The Bertz CT molecular complexity index is 538. The number of hydrogen-bond acceptors (Lipinski definition) is 3. The molecule has 2 aromatic rings. The predicted octanol–water partition coefficient (Wildman–Crippen LogP) is 2.73. The second kappa shape index (κ2) is 4.33. The van der Waals surface area contributed by atoms with E-state index in [1.807, 2.05) is 32.0 Å². The van der Waals surface area contributed by atoms with Gasteiger partial charge in [0, 0.05) is 11.8 Å². The quantitative estimate of drug-likeness (QED) is 0.833. The SMILES string of the molecule is Cc1cc(C)cc(NC(=O)c2ccc(N)o2)c1. The van der Waals surface area contributed by atoms with Gasteiger partial charge in [-0.05, 0) is 43.2 Å². The van der Waals surface area contributed by atoms with Crippen molar-refractivity contribution in [3.63, 3.8) is 0 Å². The standard InChI is InChI=1S/C13H14N2O2/c1-8-5-9(2)7-10(6-8)15-13(16)11-3-4-12(14)17-11/h3-7H,14H2,1-2H3,(H,15,16). The Morgan fingerprint density at radius 2 is 1.82 bits per heavy atom. The van der Waals surface area contributed by atoms with Crippen LogP contribution in [0.1, 0.15) is 21.7 Å². The average Bonchev–Trinajstić information content (AvgIpc) is 2.63. The number of nitrogens with one attached hydrogen (secondary N) is 1. The van der Waals surface area contributed by atoms with E-state index in [1.165, 1.54) is 0 Å². The van der Waals surface area contributed by atoms with E-state index in [4.69, 9.17) is 10.2 Å². The summed E-state index contributed by atoms with van der Waals surface area (Å²) in [4.78, 5) is 11.8. The van der Waals surface area contributed by atoms with Crippen LogP contribution in [0.5, 0.6) is 0 Å². The molecule has 1 aromatic heterocycles. The lowest BCUT2D eigenvalue weighted by Crippen LogP contribution is -2.11. The van der Waals surface area contributed by atoms with Crippen molar-refractivity contribution in [1.29, 1.82) is 0 Å². The van der Waals surface area contributed by atoms with Crippen LogP contribution in [0.4, 0.5) is 11.6 Å². The third kappa shape index (κ3) is 2.66. The fourth-order valence-corrected chi connectivity index (χ4v) is 1.71. The summed E-state index contributed by atoms with van der Waals surface area (Å²) < 4.78 is 5.04. The van der Waals surface area contributed by atoms with E-state index in [0.29, 0.717) is 0 Å². The molecular formula is C13H14N2O2. The van der Waals surface area contributed by atoms with Gasteiger partial charge in [0.2, 0.25) is 0 Å². The van der Waals surface area contributed by atoms with Gasteiger partial charge in [0.25, 0.3) is 5.91 Å². The van der Waals surface area contributed by atoms with Crippen molar-refractivity contribution < 1.29 is 9.21 Å². The highest BCUT2D eigenvalue weighted by Gasteiger charge is 2.10. The molecule has 88 valence electrons. The number of benzene rings is 1. The maximum absolute atomic E-state index is 11.8. The summed E-state index contributed by atoms with van der Waals surface area (Å²) >= 11 is 0. The van der Waals surface area contributed by atoms with E-state index < -0.39 is 0 Å². The molecule has 1 amide bonds. The summed E-state index contributed by atoms with van der Waals surface area (Å²) in [7, 11) is 0. The molecular weight excluding hydrogens is 216 g/mol. The molecule has 1 aromatic carbocycles. The summed E-state index contributed by atoms with van der Waals surface area (Å²) in [6.45, 7) is 3.96. The topological polar surface area (TPSA) is 68.3 Å². The molecule has 0 bridgehead atoms. The monoisotopic (exact) mass is 230 g/mol. The molecule has 0 aliphatic heterocycles. The van der Waals surface area contributed by atoms with E-state index in [0.717, 1.165) is 16.8 Å². The van der Waals surface area contributed by atoms with Crippen LogP contribution < -0.4 is 11.1 Å². The smallest absolute Gasteiger partial charge is 0.291 e. The van der Waals surface area contributed by atoms with Crippen LogP contribution in [0.25, 0.3) is 0 Å². The van der Waals surface area contributed by atoms with E-state index in [1.54, 1.807) is 12.1 Å². The number of rotatable bonds is 2. The lowest BCUT2D eigenvalue weighted by Gasteiger charge is -2.05. The maximum Gasteiger partial charge on any atom is 0.291 e. The zero-order valence-electron chi connectivity index (χ0n) is 9.78. The highest BCUT2D eigenvalue weighted by Crippen LogP contribution is 2.16. The fourth-order valence-electron chi connectivity index (χ4n) is 1.71. The summed E-state index contributed by atoms with van der Waals surface area (Å²) in [5.74, 6) is 0.143. The van der Waals surface area contributed by atoms with Crippen molar-refractivity contribution in [2.75, 3.05) is 11.1 Å². The third-order valence-electron chi connectivity index (χ3n) is 2.33. The molecule has 1 heterocycles. The maximum atomic E-state index is 11.8. The number of hydrogen-bond donors (Lipinski definition) is 2. The van der Waals surface area contributed by atoms with E-state index >= 15 is 0 Å². The van der Waals surface area contributed by atoms with E-state index in [-0.39, 0.29) is 17.6 Å². The first-order valence-electron chi connectivity index (χ1n) is 5.29. The lowest BCUT2D eigenvalue weighted by molar-refractivity contribution is 0.0997. The van der Waals surface area contributed by atoms with E-state index in [2.05, 4.69) is 5.32 Å². The van der Waals surface area contributed by atoms with Gasteiger partial charge in [0.1, 0.15) is 0 Å². The van der Waals surface area contributed by atoms with Gasteiger partial charge >= 0.3 is 0 Å². The van der Waals surface area contributed by atoms with Crippen LogP contribution in [-0.4, -0.2) is 5.91 Å². The van der Waals surface area contributed by atoms with Gasteiger partial charge in [-0.1, -0.05) is 6.07 Å². The molecule has 0 fully saturated rings. The van der Waals surface area contributed by atoms with Gasteiger partial charge in [-0.3, -0.25) is 4.79 Å². The van der Waals surface area contributed by atoms with Crippen LogP contribution >= 0.6 is 0 Å². The summed E-state index contributed by atoms with van der Waals surface area (Å²) in [5.41, 5.74) is 8.36. The van der Waals surface area contributed by atoms with Gasteiger partial charge in [-0.15, -0.1) is 0 Å². The van der Waals surface area contributed by atoms with Crippen molar-refractivity contribution in [3.05, 3.63) is 47.2 Å². The molecule has 4 nitrogen and oxygen atoms in total. The van der Waals surface area contributed by atoms with Crippen LogP contribution in [0.3, 0.4) is 0 Å². The minimum atomic E-state index is -0.299. The number of nitrogen functional groups attached to an aromatic ring is 1. The molecule has 0 saturated heterocycles. The predicted molar refractivity (Wildman–Crippen MR) is 67.0 cm³/mol. The molecule has 4 heteroatoms. The molecule has 0 spiro atoms. The third-order valence-corrected chi connectivity index (χ3v) is 2.33. The number of nitrogens with two attached hydrogens (primary N) is 1. The normalized spacial score (nSPS) is 10.2. The Balaban J connectivity index is 2.18. The molecule has 17 heavy (non-hydrogen) atoms. The number of furan rings is 1. The molecule has 0 radical (unpaired) electrons. The molecule has 0 unspecified atom stereocenters. The zero-order valence-corrected chi connectivity index (χ0v) is 9.78. The number of aryl methyl sites for hydroxylation is 2. The van der Waals surface area contributed by atoms with Crippen LogP contribution in [0, 0.1) is 13.8 Å². The first kappa shape index (κ1) is 11.3. The van der Waals surface area contributed by atoms with Crippen molar-refractivity contribution in [2.45, 2.75) is 13.8 Å². The minimum Gasteiger partial charge on any atom is -0.436 e. The molecule has 0 aliphatic carbocycles. The molecule has 0 saturated carbocycles. The Morgan fingerprint density at radius 3 is 2.35 bits per heavy atom. The molecule has 2 rings (SSSR count). The molecule has 0 aliphatic rings. The summed E-state index contributed by atoms with van der Waals surface area (Å²) in [6, 6.07) is 8.94. The Kier molecular flexibility index (Phi) is 2.87. The van der Waals surface area contributed by atoms with Gasteiger partial charge in [0.05, 0.1) is 0 Å². The first-order valence-corrected chi connectivity index (χ1v) is 5.29. The summed E-state index contributed by atoms with van der Waals surface area (Å²) in [6.07, 6.45) is 0.